The molecule has 4 nitrogen and oxygen atoms in total. The lowest BCUT2D eigenvalue weighted by Gasteiger charge is -2.09. The summed E-state index contributed by atoms with van der Waals surface area (Å²) in [4.78, 5) is 1.10. The van der Waals surface area contributed by atoms with Gasteiger partial charge in [-0.25, -0.2) is 13.1 Å². The monoisotopic (exact) mass is 320 g/mol. The third-order valence-corrected chi connectivity index (χ3v) is 7.40. The average Bonchev–Trinajstić information content (AvgIpc) is 3.05. The van der Waals surface area contributed by atoms with Gasteiger partial charge in [-0.05, 0) is 56.0 Å². The van der Waals surface area contributed by atoms with Crippen LogP contribution in [0.1, 0.15) is 11.3 Å². The van der Waals surface area contributed by atoms with Gasteiger partial charge in [-0.3, -0.25) is 0 Å². The Morgan fingerprint density at radius 3 is 2.95 bits per heavy atom. The van der Waals surface area contributed by atoms with Gasteiger partial charge < -0.3 is 5.32 Å². The molecular formula is C12H20N2O2S3. The molecule has 1 atom stereocenters. The average molecular weight is 321 g/mol. The minimum Gasteiger partial charge on any atom is -0.319 e. The molecular weight excluding hydrogens is 300 g/mol. The molecule has 108 valence electrons. The van der Waals surface area contributed by atoms with Gasteiger partial charge in [0, 0.05) is 11.4 Å². The fourth-order valence-electron chi connectivity index (χ4n) is 1.93. The van der Waals surface area contributed by atoms with Gasteiger partial charge in [-0.1, -0.05) is 0 Å². The number of hydrogen-bond acceptors (Lipinski definition) is 5. The van der Waals surface area contributed by atoms with Crippen LogP contribution in [0.4, 0.5) is 0 Å². The van der Waals surface area contributed by atoms with Gasteiger partial charge in [0.05, 0.1) is 0 Å². The van der Waals surface area contributed by atoms with Crippen LogP contribution in [0.15, 0.2) is 16.3 Å². The molecule has 0 aromatic carbocycles. The van der Waals surface area contributed by atoms with E-state index in [-0.39, 0.29) is 0 Å². The molecule has 1 aliphatic heterocycles. The maximum Gasteiger partial charge on any atom is 0.250 e. The topological polar surface area (TPSA) is 58.2 Å². The molecule has 19 heavy (non-hydrogen) atoms. The first-order valence-electron chi connectivity index (χ1n) is 6.42. The molecule has 0 amide bonds. The molecule has 7 heteroatoms. The van der Waals surface area contributed by atoms with E-state index in [9.17, 15) is 8.42 Å². The number of nitrogens with one attached hydrogen (secondary N) is 2. The molecule has 2 rings (SSSR count). The maximum atomic E-state index is 12.2. The van der Waals surface area contributed by atoms with E-state index in [1.165, 1.54) is 11.3 Å². The lowest BCUT2D eigenvalue weighted by atomic mass is 10.1. The summed E-state index contributed by atoms with van der Waals surface area (Å²) < 4.78 is 27.5. The van der Waals surface area contributed by atoms with Gasteiger partial charge in [-0.15, -0.1) is 11.3 Å². The Kier molecular flexibility index (Phi) is 5.70. The van der Waals surface area contributed by atoms with Gasteiger partial charge in [0.25, 0.3) is 0 Å². The van der Waals surface area contributed by atoms with Crippen LogP contribution in [0.2, 0.25) is 0 Å². The summed E-state index contributed by atoms with van der Waals surface area (Å²) in [5.74, 6) is 2.71. The Bertz CT molecular complexity index is 493. The van der Waals surface area contributed by atoms with Gasteiger partial charge >= 0.3 is 0 Å². The molecule has 1 fully saturated rings. The second kappa shape index (κ2) is 7.08. The van der Waals surface area contributed by atoms with Crippen molar-refractivity contribution in [2.45, 2.75) is 17.1 Å². The number of sulfonamides is 1. The van der Waals surface area contributed by atoms with Crippen LogP contribution < -0.4 is 10.0 Å². The first-order valence-corrected chi connectivity index (χ1v) is 9.88. The largest absolute Gasteiger partial charge is 0.319 e. The summed E-state index contributed by atoms with van der Waals surface area (Å²) in [5, 5.41) is 3.07. The highest BCUT2D eigenvalue weighted by Crippen LogP contribution is 2.25. The van der Waals surface area contributed by atoms with E-state index in [1.807, 2.05) is 24.9 Å². The highest BCUT2D eigenvalue weighted by atomic mass is 32.2. The predicted octanol–water partition coefficient (Wildman–Crippen LogP) is 1.54. The van der Waals surface area contributed by atoms with Crippen LogP contribution in [-0.2, 0) is 16.4 Å². The second-order valence-corrected chi connectivity index (χ2v) is 8.97. The van der Waals surface area contributed by atoms with Crippen LogP contribution >= 0.6 is 23.1 Å². The van der Waals surface area contributed by atoms with Crippen molar-refractivity contribution < 1.29 is 8.42 Å². The summed E-state index contributed by atoms with van der Waals surface area (Å²) in [6.45, 7) is 1.44. The number of thioether (sulfide) groups is 1. The van der Waals surface area contributed by atoms with Gasteiger partial charge in [0.2, 0.25) is 10.0 Å². The third-order valence-electron chi connectivity index (χ3n) is 3.11. The van der Waals surface area contributed by atoms with Crippen molar-refractivity contribution in [1.29, 1.82) is 0 Å². The van der Waals surface area contributed by atoms with E-state index in [2.05, 4.69) is 10.0 Å². The Morgan fingerprint density at radius 1 is 1.42 bits per heavy atom. The maximum absolute atomic E-state index is 12.2. The predicted molar refractivity (Wildman–Crippen MR) is 82.6 cm³/mol. The minimum absolute atomic E-state index is 0.434. The van der Waals surface area contributed by atoms with Crippen LogP contribution in [0.5, 0.6) is 0 Å². The van der Waals surface area contributed by atoms with Crippen molar-refractivity contribution in [2.75, 3.05) is 31.6 Å². The molecule has 0 radical (unpaired) electrons. The summed E-state index contributed by atoms with van der Waals surface area (Å²) in [6, 6.07) is 3.61. The van der Waals surface area contributed by atoms with Gasteiger partial charge in [-0.2, -0.15) is 11.8 Å². The van der Waals surface area contributed by atoms with Crippen LogP contribution in [0, 0.1) is 5.92 Å². The SMILES string of the molecule is CNCCc1ccc(S(=O)(=O)NCC2CCSC2)s1. The van der Waals surface area contributed by atoms with E-state index in [1.54, 1.807) is 6.07 Å². The molecule has 2 heterocycles. The number of likely N-dealkylation sites (N-methyl/N-ethyl adjacent to an activating group) is 1. The molecule has 1 aliphatic rings. The van der Waals surface area contributed by atoms with Crippen molar-refractivity contribution in [3.63, 3.8) is 0 Å². The standard InChI is InChI=1S/C12H20N2O2S3/c1-13-6-4-11-2-3-12(18-11)19(15,16)14-8-10-5-7-17-9-10/h2-3,10,13-14H,4-9H2,1H3. The Labute approximate surface area is 123 Å². The van der Waals surface area contributed by atoms with E-state index in [4.69, 9.17) is 0 Å². The second-order valence-electron chi connectivity index (χ2n) is 4.66. The Morgan fingerprint density at radius 2 is 2.26 bits per heavy atom. The molecule has 1 unspecified atom stereocenters. The summed E-state index contributed by atoms with van der Waals surface area (Å²) in [5.41, 5.74) is 0. The molecule has 0 aliphatic carbocycles. The highest BCUT2D eigenvalue weighted by Gasteiger charge is 2.21. The molecule has 0 bridgehead atoms. The van der Waals surface area contributed by atoms with Crippen molar-refractivity contribution in [3.8, 4) is 0 Å². The normalized spacial score (nSPS) is 19.9. The molecule has 1 aromatic heterocycles. The van der Waals surface area contributed by atoms with Crippen molar-refractivity contribution in [3.05, 3.63) is 17.0 Å². The zero-order valence-electron chi connectivity index (χ0n) is 11.0. The number of hydrogen-bond donors (Lipinski definition) is 2. The Hall–Kier alpha value is -0.0800. The lowest BCUT2D eigenvalue weighted by Crippen LogP contribution is -2.28. The molecule has 0 spiro atoms. The van der Waals surface area contributed by atoms with E-state index >= 15 is 0 Å². The summed E-state index contributed by atoms with van der Waals surface area (Å²) in [6.07, 6.45) is 1.99. The zero-order valence-corrected chi connectivity index (χ0v) is 13.5. The summed E-state index contributed by atoms with van der Waals surface area (Å²) in [7, 11) is -1.42. The first-order chi connectivity index (χ1) is 9.12. The van der Waals surface area contributed by atoms with E-state index < -0.39 is 10.0 Å². The van der Waals surface area contributed by atoms with Crippen molar-refractivity contribution in [1.82, 2.24) is 10.0 Å². The number of rotatable bonds is 7. The van der Waals surface area contributed by atoms with E-state index in [0.717, 1.165) is 35.8 Å². The van der Waals surface area contributed by atoms with Crippen molar-refractivity contribution >= 4 is 33.1 Å². The molecule has 2 N–H and O–H groups in total. The molecule has 0 saturated carbocycles. The van der Waals surface area contributed by atoms with Crippen molar-refractivity contribution in [2.24, 2.45) is 5.92 Å². The highest BCUT2D eigenvalue weighted by molar-refractivity contribution is 7.99. The zero-order chi connectivity index (χ0) is 13.7. The molecule has 1 saturated heterocycles. The third kappa shape index (κ3) is 4.46. The summed E-state index contributed by atoms with van der Waals surface area (Å²) >= 11 is 3.27. The van der Waals surface area contributed by atoms with E-state index in [0.29, 0.717) is 16.7 Å². The van der Waals surface area contributed by atoms with Crippen LogP contribution in [-0.4, -0.2) is 40.1 Å². The van der Waals surface area contributed by atoms with Crippen LogP contribution in [0.25, 0.3) is 0 Å². The van der Waals surface area contributed by atoms with Gasteiger partial charge in [0.1, 0.15) is 4.21 Å². The molecule has 1 aromatic rings. The smallest absolute Gasteiger partial charge is 0.250 e. The van der Waals surface area contributed by atoms with Crippen LogP contribution in [0.3, 0.4) is 0 Å². The lowest BCUT2D eigenvalue weighted by molar-refractivity contribution is 0.547. The fraction of sp³-hybridized carbons (Fsp3) is 0.667. The first kappa shape index (κ1) is 15.3. The quantitative estimate of drug-likeness (QED) is 0.800. The number of thiophene rings is 1. The fourth-order valence-corrected chi connectivity index (χ4v) is 5.73. The minimum atomic E-state index is -3.31. The Balaban J connectivity index is 1.92. The van der Waals surface area contributed by atoms with Gasteiger partial charge in [0.15, 0.2) is 0 Å².